The second kappa shape index (κ2) is 3.67. The van der Waals surface area contributed by atoms with Crippen LogP contribution in [0.3, 0.4) is 0 Å². The highest BCUT2D eigenvalue weighted by Crippen LogP contribution is 2.06. The second-order valence-corrected chi connectivity index (χ2v) is 3.15. The van der Waals surface area contributed by atoms with Gasteiger partial charge >= 0.3 is 0 Å². The third kappa shape index (κ3) is 1.85. The van der Waals surface area contributed by atoms with E-state index in [9.17, 15) is 4.79 Å². The first-order chi connectivity index (χ1) is 6.75. The van der Waals surface area contributed by atoms with Crippen molar-refractivity contribution >= 4 is 11.6 Å². The molecule has 0 radical (unpaired) electrons. The Balaban J connectivity index is 1.93. The molecular weight excluding hydrogens is 184 g/mol. The van der Waals surface area contributed by atoms with Crippen LogP contribution in [0.15, 0.2) is 12.4 Å². The molecular formula is C8H12N4O2. The van der Waals surface area contributed by atoms with Gasteiger partial charge in [0.15, 0.2) is 0 Å². The molecule has 0 unspecified atom stereocenters. The molecule has 76 valence electrons. The van der Waals surface area contributed by atoms with E-state index in [1.54, 1.807) is 6.20 Å². The van der Waals surface area contributed by atoms with Gasteiger partial charge in [0, 0.05) is 6.20 Å². The van der Waals surface area contributed by atoms with Gasteiger partial charge in [0.25, 0.3) is 5.91 Å². The summed E-state index contributed by atoms with van der Waals surface area (Å²) >= 11 is 0. The molecule has 1 saturated heterocycles. The minimum atomic E-state index is -0.0920. The number of hydrogen-bond donors (Lipinski definition) is 1. The van der Waals surface area contributed by atoms with Gasteiger partial charge in [-0.15, -0.1) is 0 Å². The average Bonchev–Trinajstić information content (AvgIpc) is 2.75. The number of nitrogens with zero attached hydrogens (tertiary/aromatic N) is 3. The van der Waals surface area contributed by atoms with Gasteiger partial charge in [0.1, 0.15) is 6.54 Å². The van der Waals surface area contributed by atoms with Gasteiger partial charge in [0.05, 0.1) is 25.0 Å². The summed E-state index contributed by atoms with van der Waals surface area (Å²) in [5, 5.41) is 5.29. The molecule has 0 spiro atoms. The summed E-state index contributed by atoms with van der Waals surface area (Å²) in [5.74, 6) is -0.0920. The van der Waals surface area contributed by atoms with Crippen molar-refractivity contribution in [2.75, 3.05) is 18.9 Å². The van der Waals surface area contributed by atoms with Crippen LogP contribution in [0.4, 0.5) is 5.69 Å². The summed E-state index contributed by atoms with van der Waals surface area (Å²) in [5.41, 5.74) is 6.02. The molecule has 0 aliphatic carbocycles. The summed E-state index contributed by atoms with van der Waals surface area (Å²) < 4.78 is 1.50. The molecule has 1 aromatic rings. The van der Waals surface area contributed by atoms with Crippen LogP contribution in [0, 0.1) is 0 Å². The number of rotatable bonds is 2. The monoisotopic (exact) mass is 196 g/mol. The van der Waals surface area contributed by atoms with Crippen molar-refractivity contribution in [1.82, 2.24) is 14.8 Å². The van der Waals surface area contributed by atoms with Crippen LogP contribution in [-0.2, 0) is 16.2 Å². The Morgan fingerprint density at radius 1 is 1.71 bits per heavy atom. The summed E-state index contributed by atoms with van der Waals surface area (Å²) in [4.78, 5) is 16.6. The number of hydroxylamine groups is 2. The van der Waals surface area contributed by atoms with E-state index in [2.05, 4.69) is 5.10 Å². The Morgan fingerprint density at radius 3 is 3.14 bits per heavy atom. The van der Waals surface area contributed by atoms with Gasteiger partial charge in [-0.05, 0) is 6.42 Å². The van der Waals surface area contributed by atoms with Crippen LogP contribution in [0.5, 0.6) is 0 Å². The standard InChI is InChI=1S/C8H12N4O2/c9-7-4-10-11(5-7)6-8(13)12-2-1-3-14-12/h4-5H,1-3,6,9H2. The van der Waals surface area contributed by atoms with Crippen LogP contribution >= 0.6 is 0 Å². The fourth-order valence-electron chi connectivity index (χ4n) is 1.33. The molecule has 1 aliphatic heterocycles. The molecule has 0 atom stereocenters. The van der Waals surface area contributed by atoms with E-state index in [0.29, 0.717) is 18.8 Å². The van der Waals surface area contributed by atoms with Crippen LogP contribution in [-0.4, -0.2) is 33.9 Å². The molecule has 1 aromatic heterocycles. The molecule has 14 heavy (non-hydrogen) atoms. The van der Waals surface area contributed by atoms with Gasteiger partial charge in [-0.25, -0.2) is 5.06 Å². The maximum Gasteiger partial charge on any atom is 0.267 e. The number of nitrogen functional groups attached to an aromatic ring is 1. The predicted octanol–water partition coefficient (Wildman–Crippen LogP) is -0.371. The highest BCUT2D eigenvalue weighted by Gasteiger charge is 2.19. The number of hydrogen-bond acceptors (Lipinski definition) is 4. The molecule has 6 heteroatoms. The number of carbonyl (C=O) groups excluding carboxylic acids is 1. The van der Waals surface area contributed by atoms with Gasteiger partial charge in [-0.3, -0.25) is 14.3 Å². The molecule has 2 N–H and O–H groups in total. The smallest absolute Gasteiger partial charge is 0.267 e. The molecule has 6 nitrogen and oxygen atoms in total. The van der Waals surface area contributed by atoms with Gasteiger partial charge in [-0.2, -0.15) is 5.10 Å². The molecule has 2 rings (SSSR count). The highest BCUT2D eigenvalue weighted by molar-refractivity contribution is 5.75. The topological polar surface area (TPSA) is 73.4 Å². The maximum atomic E-state index is 11.5. The minimum absolute atomic E-state index is 0.0920. The molecule has 1 aliphatic rings. The van der Waals surface area contributed by atoms with E-state index in [0.717, 1.165) is 6.42 Å². The Labute approximate surface area is 81.2 Å². The normalized spacial score (nSPS) is 16.1. The number of aromatic nitrogens is 2. The Morgan fingerprint density at radius 2 is 2.57 bits per heavy atom. The molecule has 0 aromatic carbocycles. The SMILES string of the molecule is Nc1cnn(CC(=O)N2CCCO2)c1. The lowest BCUT2D eigenvalue weighted by Crippen LogP contribution is -2.30. The third-order valence-electron chi connectivity index (χ3n) is 1.98. The summed E-state index contributed by atoms with van der Waals surface area (Å²) in [6.07, 6.45) is 4.03. The van der Waals surface area contributed by atoms with Gasteiger partial charge in [0.2, 0.25) is 0 Å². The first kappa shape index (κ1) is 9.01. The number of carbonyl (C=O) groups is 1. The summed E-state index contributed by atoms with van der Waals surface area (Å²) in [6, 6.07) is 0. The minimum Gasteiger partial charge on any atom is -0.396 e. The van der Waals surface area contributed by atoms with Crippen LogP contribution in [0.25, 0.3) is 0 Å². The van der Waals surface area contributed by atoms with Crippen molar-refractivity contribution in [2.24, 2.45) is 0 Å². The Kier molecular flexibility index (Phi) is 2.36. The first-order valence-electron chi connectivity index (χ1n) is 4.47. The van der Waals surface area contributed by atoms with Crippen molar-refractivity contribution < 1.29 is 9.63 Å². The zero-order valence-electron chi connectivity index (χ0n) is 7.72. The molecule has 0 bridgehead atoms. The van der Waals surface area contributed by atoms with E-state index in [1.165, 1.54) is 15.9 Å². The predicted molar refractivity (Wildman–Crippen MR) is 48.9 cm³/mol. The van der Waals surface area contributed by atoms with Gasteiger partial charge < -0.3 is 5.73 Å². The quantitative estimate of drug-likeness (QED) is 0.700. The molecule has 0 saturated carbocycles. The second-order valence-electron chi connectivity index (χ2n) is 3.15. The van der Waals surface area contributed by atoms with E-state index in [-0.39, 0.29) is 12.5 Å². The van der Waals surface area contributed by atoms with Crippen molar-refractivity contribution in [1.29, 1.82) is 0 Å². The average molecular weight is 196 g/mol. The Hall–Kier alpha value is -1.56. The fraction of sp³-hybridized carbons (Fsp3) is 0.500. The van der Waals surface area contributed by atoms with Gasteiger partial charge in [-0.1, -0.05) is 0 Å². The molecule has 1 fully saturated rings. The van der Waals surface area contributed by atoms with Crippen molar-refractivity contribution in [3.05, 3.63) is 12.4 Å². The van der Waals surface area contributed by atoms with Crippen LogP contribution in [0.2, 0.25) is 0 Å². The van der Waals surface area contributed by atoms with Crippen molar-refractivity contribution in [2.45, 2.75) is 13.0 Å². The maximum absolute atomic E-state index is 11.5. The fourth-order valence-corrected chi connectivity index (χ4v) is 1.33. The summed E-state index contributed by atoms with van der Waals surface area (Å²) in [7, 11) is 0. The zero-order valence-corrected chi connectivity index (χ0v) is 7.72. The molecule has 1 amide bonds. The third-order valence-corrected chi connectivity index (χ3v) is 1.98. The summed E-state index contributed by atoms with van der Waals surface area (Å²) in [6.45, 7) is 1.46. The van der Waals surface area contributed by atoms with E-state index >= 15 is 0 Å². The van der Waals surface area contributed by atoms with Crippen LogP contribution < -0.4 is 5.73 Å². The van der Waals surface area contributed by atoms with Crippen LogP contribution in [0.1, 0.15) is 6.42 Å². The van der Waals surface area contributed by atoms with E-state index < -0.39 is 0 Å². The number of anilines is 1. The molecule has 2 heterocycles. The van der Waals surface area contributed by atoms with Crippen molar-refractivity contribution in [3.63, 3.8) is 0 Å². The first-order valence-corrected chi connectivity index (χ1v) is 4.47. The lowest BCUT2D eigenvalue weighted by atomic mass is 10.4. The van der Waals surface area contributed by atoms with Crippen molar-refractivity contribution in [3.8, 4) is 0 Å². The number of nitrogens with two attached hydrogens (primary N) is 1. The lowest BCUT2D eigenvalue weighted by Gasteiger charge is -2.13. The van der Waals surface area contributed by atoms with E-state index in [1.807, 2.05) is 0 Å². The number of amides is 1. The lowest BCUT2D eigenvalue weighted by molar-refractivity contribution is -0.169. The highest BCUT2D eigenvalue weighted by atomic mass is 16.7. The van der Waals surface area contributed by atoms with E-state index in [4.69, 9.17) is 10.6 Å². The Bertz CT molecular complexity index is 330. The largest absolute Gasteiger partial charge is 0.396 e. The zero-order chi connectivity index (χ0) is 9.97.